The molecule has 0 bridgehead atoms. The number of H-pyrrole nitrogens is 1. The summed E-state index contributed by atoms with van der Waals surface area (Å²) in [5.41, 5.74) is 0.946. The molecule has 0 aliphatic heterocycles. The van der Waals surface area contributed by atoms with Gasteiger partial charge in [0.25, 0.3) is 5.56 Å². The molecule has 1 N–H and O–H groups in total. The van der Waals surface area contributed by atoms with Crippen molar-refractivity contribution in [1.82, 2.24) is 9.55 Å². The molecule has 0 amide bonds. The fourth-order valence-electron chi connectivity index (χ4n) is 2.12. The SMILES string of the molecule is Cc1nc2[nH+]cccc2c(=O)n1-c1ccc(Cl)cc1Cl.[Cl-]. The van der Waals surface area contributed by atoms with Crippen LogP contribution in [0.5, 0.6) is 0 Å². The minimum absolute atomic E-state index is 0. The topological polar surface area (TPSA) is 49.0 Å². The minimum atomic E-state index is -0.173. The Morgan fingerprint density at radius 3 is 2.71 bits per heavy atom. The van der Waals surface area contributed by atoms with E-state index in [2.05, 4.69) is 9.97 Å². The van der Waals surface area contributed by atoms with Crippen molar-refractivity contribution in [2.24, 2.45) is 0 Å². The van der Waals surface area contributed by atoms with Crippen molar-refractivity contribution in [3.8, 4) is 5.69 Å². The van der Waals surface area contributed by atoms with Gasteiger partial charge < -0.3 is 12.4 Å². The van der Waals surface area contributed by atoms with E-state index < -0.39 is 0 Å². The highest BCUT2D eigenvalue weighted by molar-refractivity contribution is 6.35. The van der Waals surface area contributed by atoms with Gasteiger partial charge in [-0.25, -0.2) is 9.55 Å². The number of fused-ring (bicyclic) bond motifs is 1. The zero-order valence-corrected chi connectivity index (χ0v) is 13.2. The number of nitrogens with zero attached hydrogens (tertiary/aromatic N) is 2. The van der Waals surface area contributed by atoms with Crippen LogP contribution in [0.2, 0.25) is 10.0 Å². The molecule has 108 valence electrons. The molecule has 0 saturated heterocycles. The molecule has 0 radical (unpaired) electrons. The first-order chi connectivity index (χ1) is 9.58. The summed E-state index contributed by atoms with van der Waals surface area (Å²) in [6, 6.07) is 8.48. The smallest absolute Gasteiger partial charge is 0.335 e. The molecule has 0 fully saturated rings. The van der Waals surface area contributed by atoms with Gasteiger partial charge in [-0.15, -0.1) is 0 Å². The van der Waals surface area contributed by atoms with E-state index in [1.165, 1.54) is 4.57 Å². The highest BCUT2D eigenvalue weighted by atomic mass is 35.5. The lowest BCUT2D eigenvalue weighted by molar-refractivity contribution is -0.347. The third-order valence-corrected chi connectivity index (χ3v) is 3.55. The van der Waals surface area contributed by atoms with E-state index in [4.69, 9.17) is 23.2 Å². The van der Waals surface area contributed by atoms with Crippen LogP contribution in [0, 0.1) is 6.92 Å². The number of benzene rings is 1. The van der Waals surface area contributed by atoms with Crippen molar-refractivity contribution < 1.29 is 17.4 Å². The monoisotopic (exact) mass is 341 g/mol. The van der Waals surface area contributed by atoms with E-state index in [9.17, 15) is 4.79 Å². The molecule has 3 aromatic rings. The molecule has 0 saturated carbocycles. The highest BCUT2D eigenvalue weighted by Gasteiger charge is 2.17. The van der Waals surface area contributed by atoms with E-state index in [-0.39, 0.29) is 18.0 Å². The van der Waals surface area contributed by atoms with Crippen molar-refractivity contribution in [1.29, 1.82) is 0 Å². The van der Waals surface area contributed by atoms with E-state index in [1.807, 2.05) is 0 Å². The number of aromatic amines is 1. The van der Waals surface area contributed by atoms with Crippen LogP contribution < -0.4 is 23.0 Å². The van der Waals surface area contributed by atoms with Crippen molar-refractivity contribution in [3.05, 3.63) is 62.8 Å². The summed E-state index contributed by atoms with van der Waals surface area (Å²) in [4.78, 5) is 19.9. The first kappa shape index (κ1) is 15.8. The molecule has 2 aromatic heterocycles. The Bertz CT molecular complexity index is 877. The summed E-state index contributed by atoms with van der Waals surface area (Å²) >= 11 is 12.1. The molecule has 7 heteroatoms. The number of aromatic nitrogens is 3. The number of nitrogens with one attached hydrogen (secondary N) is 1. The first-order valence-corrected chi connectivity index (χ1v) is 6.69. The van der Waals surface area contributed by atoms with Gasteiger partial charge in [-0.1, -0.05) is 23.2 Å². The maximum atomic E-state index is 12.6. The molecule has 3 rings (SSSR count). The van der Waals surface area contributed by atoms with Crippen molar-refractivity contribution >= 4 is 34.2 Å². The van der Waals surface area contributed by atoms with Crippen molar-refractivity contribution in [3.63, 3.8) is 0 Å². The molecular weight excluding hydrogens is 333 g/mol. The van der Waals surface area contributed by atoms with Gasteiger partial charge in [0.05, 0.1) is 16.9 Å². The fourth-order valence-corrected chi connectivity index (χ4v) is 2.61. The standard InChI is InChI=1S/C14H9Cl2N3O.ClH/c1-8-18-13-10(3-2-6-17-13)14(20)19(8)12-5-4-9(15)7-11(12)16;/h2-7H,1H3;1H. The number of halogens is 3. The molecule has 21 heavy (non-hydrogen) atoms. The summed E-state index contributed by atoms with van der Waals surface area (Å²) in [5.74, 6) is 0.550. The van der Waals surface area contributed by atoms with Gasteiger partial charge in [0.15, 0.2) is 0 Å². The van der Waals surface area contributed by atoms with Gasteiger partial charge in [0.2, 0.25) is 5.82 Å². The number of rotatable bonds is 1. The van der Waals surface area contributed by atoms with Crippen LogP contribution in [0.1, 0.15) is 5.82 Å². The Morgan fingerprint density at radius 2 is 2.00 bits per heavy atom. The summed E-state index contributed by atoms with van der Waals surface area (Å²) in [6.07, 6.45) is 1.73. The Labute approximate surface area is 136 Å². The summed E-state index contributed by atoms with van der Waals surface area (Å²) in [5, 5.41) is 1.43. The zero-order valence-electron chi connectivity index (χ0n) is 10.9. The van der Waals surface area contributed by atoms with Crippen LogP contribution in [0.25, 0.3) is 16.7 Å². The van der Waals surface area contributed by atoms with Gasteiger partial charge in [-0.2, -0.15) is 0 Å². The zero-order chi connectivity index (χ0) is 14.3. The average molecular weight is 343 g/mol. The number of aryl methyl sites for hydroxylation is 1. The molecular formula is C14H10Cl3N3O. The van der Waals surface area contributed by atoms with E-state index in [0.29, 0.717) is 32.6 Å². The predicted octanol–water partition coefficient (Wildman–Crippen LogP) is -0.181. The number of hydrogen-bond acceptors (Lipinski definition) is 2. The van der Waals surface area contributed by atoms with Gasteiger partial charge in [-0.05, 0) is 35.3 Å². The molecule has 0 aliphatic carbocycles. The molecule has 0 unspecified atom stereocenters. The fraction of sp³-hybridized carbons (Fsp3) is 0.0714. The van der Waals surface area contributed by atoms with Crippen LogP contribution >= 0.6 is 23.2 Å². The lowest BCUT2D eigenvalue weighted by Gasteiger charge is -2.08. The Kier molecular flexibility index (Phi) is 4.52. The predicted molar refractivity (Wildman–Crippen MR) is 78.7 cm³/mol. The molecule has 0 atom stereocenters. The molecule has 4 nitrogen and oxygen atoms in total. The number of pyridine rings is 1. The Balaban J connectivity index is 0.00000161. The maximum Gasteiger partial charge on any atom is 0.335 e. The third-order valence-electron chi connectivity index (χ3n) is 3.02. The van der Waals surface area contributed by atoms with Crippen LogP contribution in [-0.2, 0) is 0 Å². The van der Waals surface area contributed by atoms with Gasteiger partial charge in [0.1, 0.15) is 5.39 Å². The number of hydrogen-bond donors (Lipinski definition) is 0. The Hall–Kier alpha value is -1.62. The first-order valence-electron chi connectivity index (χ1n) is 5.93. The minimum Gasteiger partial charge on any atom is -1.00 e. The average Bonchev–Trinajstić information content (AvgIpc) is 2.41. The largest absolute Gasteiger partial charge is 1.00 e. The molecule has 1 aromatic carbocycles. The van der Waals surface area contributed by atoms with Crippen molar-refractivity contribution in [2.45, 2.75) is 6.92 Å². The maximum absolute atomic E-state index is 12.6. The van der Waals surface area contributed by atoms with E-state index in [1.54, 1.807) is 43.5 Å². The summed E-state index contributed by atoms with van der Waals surface area (Å²) < 4.78 is 1.48. The van der Waals surface area contributed by atoms with E-state index in [0.717, 1.165) is 0 Å². The van der Waals surface area contributed by atoms with E-state index >= 15 is 0 Å². The normalized spacial score (nSPS) is 10.4. The van der Waals surface area contributed by atoms with Crippen LogP contribution in [-0.4, -0.2) is 9.55 Å². The molecule has 0 aliphatic rings. The second-order valence-electron chi connectivity index (χ2n) is 4.33. The van der Waals surface area contributed by atoms with Gasteiger partial charge >= 0.3 is 5.65 Å². The summed E-state index contributed by atoms with van der Waals surface area (Å²) in [7, 11) is 0. The van der Waals surface area contributed by atoms with Gasteiger partial charge in [-0.3, -0.25) is 4.79 Å². The lowest BCUT2D eigenvalue weighted by Crippen LogP contribution is -3.00. The lowest BCUT2D eigenvalue weighted by atomic mass is 10.2. The Morgan fingerprint density at radius 1 is 1.24 bits per heavy atom. The third kappa shape index (κ3) is 2.75. The quantitative estimate of drug-likeness (QED) is 0.616. The van der Waals surface area contributed by atoms with Crippen LogP contribution in [0.15, 0.2) is 41.3 Å². The second kappa shape index (κ2) is 6.02. The van der Waals surface area contributed by atoms with Crippen molar-refractivity contribution in [2.75, 3.05) is 0 Å². The molecule has 2 heterocycles. The van der Waals surface area contributed by atoms with Crippen LogP contribution in [0.4, 0.5) is 0 Å². The highest BCUT2D eigenvalue weighted by Crippen LogP contribution is 2.24. The summed E-state index contributed by atoms with van der Waals surface area (Å²) in [6.45, 7) is 1.76. The van der Waals surface area contributed by atoms with Gasteiger partial charge in [0, 0.05) is 11.9 Å². The second-order valence-corrected chi connectivity index (χ2v) is 5.17. The van der Waals surface area contributed by atoms with Crippen LogP contribution in [0.3, 0.4) is 0 Å². The molecule has 0 spiro atoms.